The van der Waals surface area contributed by atoms with E-state index < -0.39 is 40.1 Å². The fraction of sp³-hybridized carbons (Fsp3) is 0.367. The largest absolute Gasteiger partial charge is 0.458 e. The summed E-state index contributed by atoms with van der Waals surface area (Å²) in [5.74, 6) is -1.29. The highest BCUT2D eigenvalue weighted by atomic mass is 32.2. The van der Waals surface area contributed by atoms with Crippen LogP contribution in [0.25, 0.3) is 16.9 Å². The highest BCUT2D eigenvalue weighted by molar-refractivity contribution is 8.00. The van der Waals surface area contributed by atoms with Crippen molar-refractivity contribution in [1.82, 2.24) is 29.1 Å². The number of carbonyl (C=O) groups is 2. The van der Waals surface area contributed by atoms with E-state index in [2.05, 4.69) is 20.3 Å². The first kappa shape index (κ1) is 32.9. The van der Waals surface area contributed by atoms with Crippen molar-refractivity contribution in [2.45, 2.75) is 62.8 Å². The normalized spacial score (nSPS) is 12.9. The molecule has 1 aromatic carbocycles. The Balaban J connectivity index is 1.56. The monoisotopic (exact) mass is 640 g/mol. The Labute approximate surface area is 260 Å². The van der Waals surface area contributed by atoms with Gasteiger partial charge < -0.3 is 15.0 Å². The molecule has 0 saturated carbocycles. The van der Waals surface area contributed by atoms with Crippen LogP contribution in [-0.2, 0) is 30.8 Å². The van der Waals surface area contributed by atoms with Crippen LogP contribution in [-0.4, -0.2) is 73.4 Å². The number of imidazole rings is 1. The van der Waals surface area contributed by atoms with Gasteiger partial charge in [0.15, 0.2) is 5.65 Å². The summed E-state index contributed by atoms with van der Waals surface area (Å²) in [4.78, 5) is 50.1. The molecular weight excluding hydrogens is 605 g/mol. The molecule has 1 amide bonds. The molecule has 0 fully saturated rings. The van der Waals surface area contributed by atoms with E-state index in [1.54, 1.807) is 63.4 Å². The van der Waals surface area contributed by atoms with Crippen molar-refractivity contribution >= 4 is 44.8 Å². The summed E-state index contributed by atoms with van der Waals surface area (Å²) in [6.07, 6.45) is 4.36. The Hall–Kier alpha value is -4.01. The molecule has 234 valence electrons. The van der Waals surface area contributed by atoms with E-state index >= 15 is 0 Å². The SMILES string of the molecule is CC(C)SCN(CC(=O)N[C@@H](Cc1ccc(-n2c(=O)[nH]c3cccnc32)cc1)C(=O)OC(C)(C)C)S(=O)(=O)c1cccnc1. The number of fused-ring (bicyclic) bond motifs is 1. The van der Waals surface area contributed by atoms with Gasteiger partial charge in [0.25, 0.3) is 0 Å². The van der Waals surface area contributed by atoms with Crippen LogP contribution in [0, 0.1) is 0 Å². The van der Waals surface area contributed by atoms with Gasteiger partial charge >= 0.3 is 11.7 Å². The fourth-order valence-corrected chi connectivity index (χ4v) is 6.57. The first-order valence-corrected chi connectivity index (χ1v) is 16.4. The molecule has 0 aliphatic heterocycles. The molecule has 14 heteroatoms. The number of pyridine rings is 2. The minimum atomic E-state index is -4.04. The second kappa shape index (κ2) is 13.7. The van der Waals surface area contributed by atoms with E-state index in [0.717, 1.165) is 4.31 Å². The number of nitrogens with zero attached hydrogens (tertiary/aromatic N) is 4. The number of thioether (sulfide) groups is 1. The molecule has 0 radical (unpaired) electrons. The number of H-pyrrole nitrogens is 1. The second-order valence-corrected chi connectivity index (χ2v) is 14.8. The summed E-state index contributed by atoms with van der Waals surface area (Å²) in [5.41, 5.74) is 1.16. The second-order valence-electron chi connectivity index (χ2n) is 11.3. The minimum absolute atomic E-state index is 0.0307. The van der Waals surface area contributed by atoms with Crippen LogP contribution in [0.3, 0.4) is 0 Å². The highest BCUT2D eigenvalue weighted by Gasteiger charge is 2.31. The van der Waals surface area contributed by atoms with Crippen LogP contribution in [0.4, 0.5) is 0 Å². The lowest BCUT2D eigenvalue weighted by atomic mass is 10.0. The van der Waals surface area contributed by atoms with E-state index in [1.807, 2.05) is 13.8 Å². The number of sulfonamides is 1. The molecule has 3 aromatic heterocycles. The van der Waals surface area contributed by atoms with Crippen molar-refractivity contribution < 1.29 is 22.7 Å². The molecule has 4 rings (SSSR count). The number of aromatic amines is 1. The third-order valence-electron chi connectivity index (χ3n) is 6.25. The first-order chi connectivity index (χ1) is 20.7. The highest BCUT2D eigenvalue weighted by Crippen LogP contribution is 2.20. The van der Waals surface area contributed by atoms with Crippen LogP contribution >= 0.6 is 11.8 Å². The number of aromatic nitrogens is 4. The third-order valence-corrected chi connectivity index (χ3v) is 9.31. The topological polar surface area (TPSA) is 156 Å². The van der Waals surface area contributed by atoms with Gasteiger partial charge in [0, 0.05) is 30.3 Å². The maximum atomic E-state index is 13.4. The fourth-order valence-electron chi connectivity index (χ4n) is 4.24. The van der Waals surface area contributed by atoms with Gasteiger partial charge in [0.2, 0.25) is 15.9 Å². The van der Waals surface area contributed by atoms with E-state index in [0.29, 0.717) is 22.4 Å². The molecule has 0 spiro atoms. The van der Waals surface area contributed by atoms with Crippen LogP contribution in [0.2, 0.25) is 0 Å². The van der Waals surface area contributed by atoms with Gasteiger partial charge in [-0.1, -0.05) is 26.0 Å². The number of amides is 1. The lowest BCUT2D eigenvalue weighted by molar-refractivity contribution is -0.158. The number of carbonyl (C=O) groups excluding carboxylic acids is 2. The van der Waals surface area contributed by atoms with Gasteiger partial charge in [0.1, 0.15) is 16.5 Å². The molecule has 3 heterocycles. The van der Waals surface area contributed by atoms with Crippen molar-refractivity contribution in [3.63, 3.8) is 0 Å². The quantitative estimate of drug-likeness (QED) is 0.175. The van der Waals surface area contributed by atoms with Gasteiger partial charge in [-0.05, 0) is 62.7 Å². The lowest BCUT2D eigenvalue weighted by Crippen LogP contribution is -2.49. The molecule has 12 nitrogen and oxygen atoms in total. The van der Waals surface area contributed by atoms with E-state index in [-0.39, 0.29) is 28.1 Å². The Morgan fingerprint density at radius 2 is 1.80 bits per heavy atom. The molecule has 0 aliphatic carbocycles. The van der Waals surface area contributed by atoms with Crippen LogP contribution < -0.4 is 11.0 Å². The zero-order valence-electron chi connectivity index (χ0n) is 25.2. The number of esters is 1. The number of rotatable bonds is 12. The molecule has 0 aliphatic rings. The maximum Gasteiger partial charge on any atom is 0.332 e. The summed E-state index contributed by atoms with van der Waals surface area (Å²) in [5, 5.41) is 2.80. The van der Waals surface area contributed by atoms with Crippen molar-refractivity contribution in [1.29, 1.82) is 0 Å². The molecular formula is C30H36N6O6S2. The van der Waals surface area contributed by atoms with Gasteiger partial charge in [-0.2, -0.15) is 4.31 Å². The molecule has 0 unspecified atom stereocenters. The summed E-state index contributed by atoms with van der Waals surface area (Å²) < 4.78 is 34.9. The molecule has 0 bridgehead atoms. The zero-order valence-corrected chi connectivity index (χ0v) is 26.8. The zero-order chi connectivity index (χ0) is 32.1. The molecule has 44 heavy (non-hydrogen) atoms. The van der Waals surface area contributed by atoms with Crippen LogP contribution in [0.15, 0.2) is 76.8 Å². The summed E-state index contributed by atoms with van der Waals surface area (Å²) >= 11 is 1.36. The average Bonchev–Trinajstić information content (AvgIpc) is 3.30. The van der Waals surface area contributed by atoms with Gasteiger partial charge in [-0.15, -0.1) is 11.8 Å². The van der Waals surface area contributed by atoms with Crippen LogP contribution in [0.5, 0.6) is 0 Å². The summed E-state index contributed by atoms with van der Waals surface area (Å²) in [6.45, 7) is 8.50. The lowest BCUT2D eigenvalue weighted by Gasteiger charge is -2.26. The van der Waals surface area contributed by atoms with E-state index in [1.165, 1.54) is 40.9 Å². The Morgan fingerprint density at radius 1 is 1.09 bits per heavy atom. The van der Waals surface area contributed by atoms with E-state index in [9.17, 15) is 22.8 Å². The number of hydrogen-bond acceptors (Lipinski definition) is 9. The Morgan fingerprint density at radius 3 is 2.43 bits per heavy atom. The smallest absolute Gasteiger partial charge is 0.332 e. The summed E-state index contributed by atoms with van der Waals surface area (Å²) in [6, 6.07) is 12.2. The number of hydrogen-bond donors (Lipinski definition) is 2. The first-order valence-electron chi connectivity index (χ1n) is 13.9. The molecule has 2 N–H and O–H groups in total. The number of nitrogens with one attached hydrogen (secondary N) is 2. The standard InChI is InChI=1S/C30H36N6O6S2/c1-20(2)43-19-35(44(40,41)23-8-6-14-31-17-23)18-26(37)33-25(28(38)42-30(3,4)5)16-21-10-12-22(13-11-21)36-27-24(34-29(36)39)9-7-15-32-27/h6-15,17,20,25H,16,18-19H2,1-5H3,(H,33,37)(H,34,39)/t25-/m0/s1. The van der Waals surface area contributed by atoms with Gasteiger partial charge in [-0.25, -0.2) is 27.6 Å². The maximum absolute atomic E-state index is 13.4. The van der Waals surface area contributed by atoms with Gasteiger partial charge in [-0.3, -0.25) is 9.78 Å². The van der Waals surface area contributed by atoms with Gasteiger partial charge in [0.05, 0.1) is 23.6 Å². The van der Waals surface area contributed by atoms with Crippen molar-refractivity contribution in [2.75, 3.05) is 12.4 Å². The molecule has 4 aromatic rings. The molecule has 0 saturated heterocycles. The van der Waals surface area contributed by atoms with Crippen molar-refractivity contribution in [3.05, 3.63) is 83.2 Å². The third kappa shape index (κ3) is 8.33. The Kier molecular flexibility index (Phi) is 10.3. The Bertz CT molecular complexity index is 1760. The average molecular weight is 641 g/mol. The van der Waals surface area contributed by atoms with Crippen molar-refractivity contribution in [2.24, 2.45) is 0 Å². The predicted octanol–water partition coefficient (Wildman–Crippen LogP) is 3.27. The van der Waals surface area contributed by atoms with E-state index in [4.69, 9.17) is 4.74 Å². The van der Waals surface area contributed by atoms with Crippen molar-refractivity contribution in [3.8, 4) is 5.69 Å². The number of ether oxygens (including phenoxy) is 1. The predicted molar refractivity (Wildman–Crippen MR) is 169 cm³/mol. The minimum Gasteiger partial charge on any atom is -0.458 e. The molecule has 1 atom stereocenters. The summed E-state index contributed by atoms with van der Waals surface area (Å²) in [7, 11) is -4.04. The number of benzene rings is 1. The van der Waals surface area contributed by atoms with Crippen LogP contribution in [0.1, 0.15) is 40.2 Å².